The van der Waals surface area contributed by atoms with E-state index in [1.807, 2.05) is 0 Å². The molecule has 0 heterocycles. The van der Waals surface area contributed by atoms with Crippen LogP contribution in [-0.2, 0) is 4.74 Å². The van der Waals surface area contributed by atoms with E-state index in [0.717, 1.165) is 25.7 Å². The van der Waals surface area contributed by atoms with Crippen molar-refractivity contribution in [2.75, 3.05) is 13.7 Å². The summed E-state index contributed by atoms with van der Waals surface area (Å²) in [5.74, 6) is -1.15. The van der Waals surface area contributed by atoms with E-state index < -0.39 is 5.97 Å². The molecule has 0 saturated heterocycles. The SMILES string of the molecule is COCCC1(NC(=O)c2ccc(C(=O)O)cc2)CCC1. The lowest BCUT2D eigenvalue weighted by atomic mass is 9.74. The minimum absolute atomic E-state index is 0.154. The number of ether oxygens (including phenoxy) is 1. The third-order valence-electron chi connectivity index (χ3n) is 3.87. The third-order valence-corrected chi connectivity index (χ3v) is 3.87. The van der Waals surface area contributed by atoms with E-state index in [4.69, 9.17) is 9.84 Å². The lowest BCUT2D eigenvalue weighted by molar-refractivity contribution is 0.0691. The summed E-state index contributed by atoms with van der Waals surface area (Å²) in [5.41, 5.74) is 0.511. The summed E-state index contributed by atoms with van der Waals surface area (Å²) in [6, 6.07) is 5.97. The normalized spacial score (nSPS) is 16.2. The van der Waals surface area contributed by atoms with Gasteiger partial charge in [-0.1, -0.05) is 0 Å². The molecule has 1 aromatic rings. The molecule has 0 radical (unpaired) electrons. The summed E-state index contributed by atoms with van der Waals surface area (Å²) >= 11 is 0. The van der Waals surface area contributed by atoms with Gasteiger partial charge in [0.25, 0.3) is 5.91 Å². The quantitative estimate of drug-likeness (QED) is 0.834. The average Bonchev–Trinajstić information content (AvgIpc) is 2.41. The van der Waals surface area contributed by atoms with Gasteiger partial charge in [-0.15, -0.1) is 0 Å². The number of carbonyl (C=O) groups excluding carboxylic acids is 1. The molecule has 1 aromatic carbocycles. The molecule has 1 amide bonds. The average molecular weight is 277 g/mol. The molecule has 20 heavy (non-hydrogen) atoms. The molecule has 1 saturated carbocycles. The van der Waals surface area contributed by atoms with Crippen LogP contribution in [0.25, 0.3) is 0 Å². The maximum Gasteiger partial charge on any atom is 0.335 e. The molecule has 108 valence electrons. The molecule has 1 fully saturated rings. The standard InChI is InChI=1S/C15H19NO4/c1-20-10-9-15(7-2-8-15)16-13(17)11-3-5-12(6-4-11)14(18)19/h3-6H,2,7-10H2,1H3,(H,16,17)(H,18,19). The zero-order valence-corrected chi connectivity index (χ0v) is 11.5. The fraction of sp³-hybridized carbons (Fsp3) is 0.467. The Hall–Kier alpha value is -1.88. The number of aromatic carboxylic acids is 1. The molecule has 2 rings (SSSR count). The number of carboxylic acid groups (broad SMARTS) is 1. The molecule has 0 spiro atoms. The summed E-state index contributed by atoms with van der Waals surface area (Å²) in [4.78, 5) is 23.0. The van der Waals surface area contributed by atoms with Crippen LogP contribution >= 0.6 is 0 Å². The minimum atomic E-state index is -0.993. The zero-order chi connectivity index (χ0) is 14.6. The predicted octanol–water partition coefficient (Wildman–Crippen LogP) is 2.07. The molecule has 1 aliphatic carbocycles. The van der Waals surface area contributed by atoms with Crippen LogP contribution in [0.5, 0.6) is 0 Å². The van der Waals surface area contributed by atoms with Gasteiger partial charge < -0.3 is 15.2 Å². The maximum atomic E-state index is 12.2. The first-order valence-electron chi connectivity index (χ1n) is 6.71. The molecule has 2 N–H and O–H groups in total. The van der Waals surface area contributed by atoms with Crippen molar-refractivity contribution in [2.45, 2.75) is 31.2 Å². The van der Waals surface area contributed by atoms with Crippen LogP contribution in [0, 0.1) is 0 Å². The van der Waals surface area contributed by atoms with Crippen molar-refractivity contribution in [3.63, 3.8) is 0 Å². The highest BCUT2D eigenvalue weighted by Crippen LogP contribution is 2.35. The molecule has 0 bridgehead atoms. The minimum Gasteiger partial charge on any atom is -0.478 e. The molecule has 0 aromatic heterocycles. The zero-order valence-electron chi connectivity index (χ0n) is 11.5. The van der Waals surface area contributed by atoms with Gasteiger partial charge in [-0.3, -0.25) is 4.79 Å². The second kappa shape index (κ2) is 6.05. The Morgan fingerprint density at radius 3 is 2.30 bits per heavy atom. The number of methoxy groups -OCH3 is 1. The number of benzene rings is 1. The molecule has 0 aliphatic heterocycles. The Morgan fingerprint density at radius 2 is 1.85 bits per heavy atom. The van der Waals surface area contributed by atoms with Crippen molar-refractivity contribution in [3.8, 4) is 0 Å². The van der Waals surface area contributed by atoms with Crippen LogP contribution in [0.4, 0.5) is 0 Å². The van der Waals surface area contributed by atoms with Crippen molar-refractivity contribution in [2.24, 2.45) is 0 Å². The van der Waals surface area contributed by atoms with E-state index in [-0.39, 0.29) is 17.0 Å². The number of hydrogen-bond acceptors (Lipinski definition) is 3. The van der Waals surface area contributed by atoms with Gasteiger partial charge in [0.15, 0.2) is 0 Å². The van der Waals surface area contributed by atoms with Crippen LogP contribution in [0.3, 0.4) is 0 Å². The van der Waals surface area contributed by atoms with Gasteiger partial charge in [-0.2, -0.15) is 0 Å². The number of amides is 1. The lowest BCUT2D eigenvalue weighted by Crippen LogP contribution is -2.54. The summed E-state index contributed by atoms with van der Waals surface area (Å²) < 4.78 is 5.09. The third kappa shape index (κ3) is 3.17. The Morgan fingerprint density at radius 1 is 1.25 bits per heavy atom. The van der Waals surface area contributed by atoms with E-state index in [1.165, 1.54) is 12.1 Å². The number of hydrogen-bond donors (Lipinski definition) is 2. The molecule has 5 nitrogen and oxygen atoms in total. The number of nitrogens with one attached hydrogen (secondary N) is 1. The molecule has 0 unspecified atom stereocenters. The summed E-state index contributed by atoms with van der Waals surface area (Å²) in [6.07, 6.45) is 3.86. The van der Waals surface area contributed by atoms with Crippen LogP contribution in [0.2, 0.25) is 0 Å². The highest BCUT2D eigenvalue weighted by molar-refractivity contribution is 5.96. The van der Waals surface area contributed by atoms with Crippen molar-refractivity contribution in [1.29, 1.82) is 0 Å². The predicted molar refractivity (Wildman–Crippen MR) is 73.9 cm³/mol. The Balaban J connectivity index is 2.01. The monoisotopic (exact) mass is 277 g/mol. The second-order valence-corrected chi connectivity index (χ2v) is 5.21. The van der Waals surface area contributed by atoms with E-state index in [1.54, 1.807) is 19.2 Å². The Bertz CT molecular complexity index is 491. The first-order chi connectivity index (χ1) is 9.56. The summed E-state index contributed by atoms with van der Waals surface area (Å²) in [5, 5.41) is 11.9. The van der Waals surface area contributed by atoms with Crippen LogP contribution < -0.4 is 5.32 Å². The number of rotatable bonds is 6. The van der Waals surface area contributed by atoms with Crippen molar-refractivity contribution in [1.82, 2.24) is 5.32 Å². The van der Waals surface area contributed by atoms with Gasteiger partial charge in [0.2, 0.25) is 0 Å². The lowest BCUT2D eigenvalue weighted by Gasteiger charge is -2.42. The Kier molecular flexibility index (Phi) is 4.39. The van der Waals surface area contributed by atoms with Gasteiger partial charge in [0, 0.05) is 24.8 Å². The van der Waals surface area contributed by atoms with E-state index in [9.17, 15) is 9.59 Å². The number of carbonyl (C=O) groups is 2. The van der Waals surface area contributed by atoms with Gasteiger partial charge in [-0.25, -0.2) is 4.79 Å². The van der Waals surface area contributed by atoms with Crippen LogP contribution in [-0.4, -0.2) is 36.2 Å². The maximum absolute atomic E-state index is 12.2. The first kappa shape index (κ1) is 14.5. The Labute approximate surface area is 117 Å². The van der Waals surface area contributed by atoms with E-state index in [0.29, 0.717) is 12.2 Å². The number of carboxylic acids is 1. The topological polar surface area (TPSA) is 75.6 Å². The van der Waals surface area contributed by atoms with E-state index >= 15 is 0 Å². The summed E-state index contributed by atoms with van der Waals surface area (Å²) in [6.45, 7) is 0.623. The molecular formula is C15H19NO4. The van der Waals surface area contributed by atoms with Gasteiger partial charge in [0.1, 0.15) is 0 Å². The smallest absolute Gasteiger partial charge is 0.335 e. The second-order valence-electron chi connectivity index (χ2n) is 5.21. The van der Waals surface area contributed by atoms with Gasteiger partial charge >= 0.3 is 5.97 Å². The molecule has 5 heteroatoms. The van der Waals surface area contributed by atoms with Gasteiger partial charge in [-0.05, 0) is 49.9 Å². The van der Waals surface area contributed by atoms with Gasteiger partial charge in [0.05, 0.1) is 5.56 Å². The fourth-order valence-electron chi connectivity index (χ4n) is 2.42. The molecular weight excluding hydrogens is 258 g/mol. The van der Waals surface area contributed by atoms with Crippen LogP contribution in [0.15, 0.2) is 24.3 Å². The highest BCUT2D eigenvalue weighted by atomic mass is 16.5. The van der Waals surface area contributed by atoms with Crippen molar-refractivity contribution in [3.05, 3.63) is 35.4 Å². The van der Waals surface area contributed by atoms with E-state index in [2.05, 4.69) is 5.32 Å². The van der Waals surface area contributed by atoms with Crippen molar-refractivity contribution < 1.29 is 19.4 Å². The first-order valence-corrected chi connectivity index (χ1v) is 6.71. The van der Waals surface area contributed by atoms with Crippen LogP contribution in [0.1, 0.15) is 46.4 Å². The molecule has 1 aliphatic rings. The van der Waals surface area contributed by atoms with Crippen molar-refractivity contribution >= 4 is 11.9 Å². The highest BCUT2D eigenvalue weighted by Gasteiger charge is 2.37. The fourth-order valence-corrected chi connectivity index (χ4v) is 2.42. The largest absolute Gasteiger partial charge is 0.478 e. The summed E-state index contributed by atoms with van der Waals surface area (Å²) in [7, 11) is 1.65. The molecule has 0 atom stereocenters.